The summed E-state index contributed by atoms with van der Waals surface area (Å²) in [5.74, 6) is 0.670. The maximum Gasteiger partial charge on any atom is 0.236 e. The van der Waals surface area contributed by atoms with Crippen LogP contribution in [-0.2, 0) is 11.8 Å². The van der Waals surface area contributed by atoms with E-state index in [1.165, 1.54) is 23.1 Å². The van der Waals surface area contributed by atoms with Gasteiger partial charge in [-0.15, -0.1) is 21.5 Å². The van der Waals surface area contributed by atoms with E-state index in [1.54, 1.807) is 34.3 Å². The molecule has 1 aromatic carbocycles. The molecule has 1 N–H and O–H groups in total. The fraction of sp³-hybridized carbons (Fsp3) is 0.143. The molecular weight excluding hydrogens is 389 g/mol. The lowest BCUT2D eigenvalue weighted by Crippen LogP contribution is -2.14. The molecule has 10 heteroatoms. The maximum absolute atomic E-state index is 11.9. The number of carbonyl (C=O) groups excluding carboxylic acids is 1. The first-order chi connectivity index (χ1) is 11.5. The number of carbonyl (C=O) groups is 1. The van der Waals surface area contributed by atoms with Crippen molar-refractivity contribution in [3.8, 4) is 11.4 Å². The van der Waals surface area contributed by atoms with Crippen LogP contribution in [0.15, 0.2) is 34.9 Å². The van der Waals surface area contributed by atoms with Crippen molar-refractivity contribution in [2.45, 2.75) is 5.16 Å². The SMILES string of the molecule is Cn1c(SCC(=O)Nc2nccs2)nnc1-c1ccc(Cl)cc1Cl. The number of thioether (sulfide) groups is 1. The molecule has 2 aromatic heterocycles. The van der Waals surface area contributed by atoms with Crippen LogP contribution in [0, 0.1) is 0 Å². The van der Waals surface area contributed by atoms with Crippen LogP contribution in [-0.4, -0.2) is 31.4 Å². The van der Waals surface area contributed by atoms with Gasteiger partial charge in [0.15, 0.2) is 16.1 Å². The predicted molar refractivity (Wildman–Crippen MR) is 97.9 cm³/mol. The Labute approximate surface area is 156 Å². The Morgan fingerprint density at radius 1 is 1.38 bits per heavy atom. The number of thiazole rings is 1. The van der Waals surface area contributed by atoms with Crippen molar-refractivity contribution < 1.29 is 4.79 Å². The summed E-state index contributed by atoms with van der Waals surface area (Å²) in [6.45, 7) is 0. The molecule has 3 aromatic rings. The summed E-state index contributed by atoms with van der Waals surface area (Å²) in [6, 6.07) is 5.19. The first-order valence-electron chi connectivity index (χ1n) is 6.71. The molecule has 6 nitrogen and oxygen atoms in total. The summed E-state index contributed by atoms with van der Waals surface area (Å²) in [6.07, 6.45) is 1.64. The number of aromatic nitrogens is 4. The first kappa shape index (κ1) is 17.2. The second-order valence-electron chi connectivity index (χ2n) is 4.66. The minimum atomic E-state index is -0.149. The van der Waals surface area contributed by atoms with Gasteiger partial charge in [0.05, 0.1) is 10.8 Å². The molecule has 0 aliphatic rings. The zero-order chi connectivity index (χ0) is 17.1. The second kappa shape index (κ2) is 7.52. The van der Waals surface area contributed by atoms with Crippen LogP contribution in [0.4, 0.5) is 5.13 Å². The molecule has 0 spiro atoms. The lowest BCUT2D eigenvalue weighted by molar-refractivity contribution is -0.113. The lowest BCUT2D eigenvalue weighted by atomic mass is 10.2. The third kappa shape index (κ3) is 3.89. The highest BCUT2D eigenvalue weighted by atomic mass is 35.5. The van der Waals surface area contributed by atoms with Gasteiger partial charge in [-0.25, -0.2) is 4.98 Å². The van der Waals surface area contributed by atoms with E-state index in [0.717, 1.165) is 5.56 Å². The molecule has 124 valence electrons. The van der Waals surface area contributed by atoms with Crippen LogP contribution >= 0.6 is 46.3 Å². The number of amides is 1. The standard InChI is InChI=1S/C14H11Cl2N5OS2/c1-21-12(9-3-2-8(15)6-10(9)16)19-20-14(21)24-7-11(22)18-13-17-4-5-23-13/h2-6H,7H2,1H3,(H,17,18,22). The normalized spacial score (nSPS) is 10.8. The maximum atomic E-state index is 11.9. The van der Waals surface area contributed by atoms with E-state index < -0.39 is 0 Å². The van der Waals surface area contributed by atoms with Crippen molar-refractivity contribution in [1.29, 1.82) is 0 Å². The van der Waals surface area contributed by atoms with Crippen LogP contribution in [0.3, 0.4) is 0 Å². The smallest absolute Gasteiger partial charge is 0.236 e. The number of hydrogen-bond acceptors (Lipinski definition) is 6. The summed E-state index contributed by atoms with van der Waals surface area (Å²) < 4.78 is 1.79. The minimum absolute atomic E-state index is 0.149. The van der Waals surface area contributed by atoms with Crippen LogP contribution in [0.2, 0.25) is 10.0 Å². The number of benzene rings is 1. The quantitative estimate of drug-likeness (QED) is 0.656. The molecule has 0 bridgehead atoms. The minimum Gasteiger partial charge on any atom is -0.305 e. The molecule has 1 amide bonds. The Kier molecular flexibility index (Phi) is 5.40. The average Bonchev–Trinajstić information content (AvgIpc) is 3.16. The molecule has 3 rings (SSSR count). The molecule has 0 aliphatic heterocycles. The van der Waals surface area contributed by atoms with E-state index >= 15 is 0 Å². The third-order valence-corrected chi connectivity index (χ3v) is 5.27. The summed E-state index contributed by atoms with van der Waals surface area (Å²) >= 11 is 14.8. The molecule has 0 fully saturated rings. The highest BCUT2D eigenvalue weighted by Crippen LogP contribution is 2.30. The Hall–Kier alpha value is -1.61. The van der Waals surface area contributed by atoms with Gasteiger partial charge < -0.3 is 9.88 Å². The van der Waals surface area contributed by atoms with Crippen molar-refractivity contribution >= 4 is 57.3 Å². The van der Waals surface area contributed by atoms with Crippen LogP contribution < -0.4 is 5.32 Å². The lowest BCUT2D eigenvalue weighted by Gasteiger charge is -2.06. The fourth-order valence-corrected chi connectivity index (χ4v) is 3.67. The van der Waals surface area contributed by atoms with Crippen LogP contribution in [0.5, 0.6) is 0 Å². The molecular formula is C14H11Cl2N5OS2. The number of rotatable bonds is 5. The largest absolute Gasteiger partial charge is 0.305 e. The van der Waals surface area contributed by atoms with E-state index in [1.807, 2.05) is 7.05 Å². The summed E-state index contributed by atoms with van der Waals surface area (Å²) in [7, 11) is 1.82. The van der Waals surface area contributed by atoms with Crippen LogP contribution in [0.1, 0.15) is 0 Å². The Balaban J connectivity index is 1.70. The van der Waals surface area contributed by atoms with Crippen molar-refractivity contribution in [1.82, 2.24) is 19.7 Å². The second-order valence-corrected chi connectivity index (χ2v) is 7.34. The van der Waals surface area contributed by atoms with Gasteiger partial charge in [0.25, 0.3) is 0 Å². The molecule has 0 saturated carbocycles. The van der Waals surface area contributed by atoms with Crippen molar-refractivity contribution in [3.63, 3.8) is 0 Å². The molecule has 0 unspecified atom stereocenters. The Bertz CT molecular complexity index is 866. The van der Waals surface area contributed by atoms with Gasteiger partial charge in [0.1, 0.15) is 0 Å². The topological polar surface area (TPSA) is 72.7 Å². The number of anilines is 1. The van der Waals surface area contributed by atoms with Crippen molar-refractivity contribution in [2.75, 3.05) is 11.1 Å². The number of nitrogens with zero attached hydrogens (tertiary/aromatic N) is 4. The van der Waals surface area contributed by atoms with Gasteiger partial charge in [-0.3, -0.25) is 4.79 Å². The molecule has 24 heavy (non-hydrogen) atoms. The van der Waals surface area contributed by atoms with Crippen LogP contribution in [0.25, 0.3) is 11.4 Å². The Morgan fingerprint density at radius 3 is 2.92 bits per heavy atom. The fourth-order valence-electron chi connectivity index (χ4n) is 1.92. The van der Waals surface area contributed by atoms with Crippen molar-refractivity contribution in [2.24, 2.45) is 7.05 Å². The number of hydrogen-bond donors (Lipinski definition) is 1. The zero-order valence-corrected chi connectivity index (χ0v) is 15.5. The molecule has 0 atom stereocenters. The summed E-state index contributed by atoms with van der Waals surface area (Å²) in [5, 5.41) is 15.0. The van der Waals surface area contributed by atoms with E-state index in [9.17, 15) is 4.79 Å². The Morgan fingerprint density at radius 2 is 2.21 bits per heavy atom. The number of nitrogens with one attached hydrogen (secondary N) is 1. The van der Waals surface area contributed by atoms with E-state index in [2.05, 4.69) is 20.5 Å². The summed E-state index contributed by atoms with van der Waals surface area (Å²) in [4.78, 5) is 15.9. The predicted octanol–water partition coefficient (Wildman–Crippen LogP) is 3.98. The number of halogens is 2. The van der Waals surface area contributed by atoms with E-state index in [-0.39, 0.29) is 11.7 Å². The van der Waals surface area contributed by atoms with Gasteiger partial charge in [0, 0.05) is 29.2 Å². The van der Waals surface area contributed by atoms with Crippen molar-refractivity contribution in [3.05, 3.63) is 39.8 Å². The van der Waals surface area contributed by atoms with E-state index in [4.69, 9.17) is 23.2 Å². The monoisotopic (exact) mass is 399 g/mol. The highest BCUT2D eigenvalue weighted by Gasteiger charge is 2.15. The van der Waals surface area contributed by atoms with Gasteiger partial charge in [-0.05, 0) is 18.2 Å². The van der Waals surface area contributed by atoms with Gasteiger partial charge in [-0.2, -0.15) is 0 Å². The van der Waals surface area contributed by atoms with Gasteiger partial charge >= 0.3 is 0 Å². The molecule has 2 heterocycles. The molecule has 0 saturated heterocycles. The first-order valence-corrected chi connectivity index (χ1v) is 9.33. The van der Waals surface area contributed by atoms with Gasteiger partial charge in [0.2, 0.25) is 5.91 Å². The molecule has 0 radical (unpaired) electrons. The third-order valence-electron chi connectivity index (χ3n) is 3.02. The molecule has 0 aliphatic carbocycles. The zero-order valence-electron chi connectivity index (χ0n) is 12.4. The summed E-state index contributed by atoms with van der Waals surface area (Å²) in [5.41, 5.74) is 0.732. The highest BCUT2D eigenvalue weighted by molar-refractivity contribution is 7.99. The van der Waals surface area contributed by atoms with Gasteiger partial charge in [-0.1, -0.05) is 35.0 Å². The average molecular weight is 400 g/mol. The van der Waals surface area contributed by atoms with E-state index in [0.29, 0.717) is 26.2 Å².